The summed E-state index contributed by atoms with van der Waals surface area (Å²) in [6, 6.07) is 4.51. The van der Waals surface area contributed by atoms with Gasteiger partial charge in [-0.1, -0.05) is 16.7 Å². The summed E-state index contributed by atoms with van der Waals surface area (Å²) in [5, 5.41) is 6.28. The number of benzene rings is 1. The highest BCUT2D eigenvalue weighted by atomic mass is 35.5. The molecule has 1 rings (SSSR count). The van der Waals surface area contributed by atoms with Crippen LogP contribution in [0, 0.1) is 0 Å². The highest BCUT2D eigenvalue weighted by molar-refractivity contribution is 6.31. The lowest BCUT2D eigenvalue weighted by atomic mass is 10.2. The molecular formula is C11H13ClN4O2. The summed E-state index contributed by atoms with van der Waals surface area (Å²) in [5.74, 6) is 0. The molecule has 1 N–H and O–H groups in total. The van der Waals surface area contributed by atoms with Gasteiger partial charge < -0.3 is 4.74 Å². The Kier molecular flexibility index (Phi) is 4.42. The number of hydrogen-bond donors (Lipinski definition) is 1. The molecule has 96 valence electrons. The van der Waals surface area contributed by atoms with E-state index in [1.54, 1.807) is 20.8 Å². The summed E-state index contributed by atoms with van der Waals surface area (Å²) in [5.41, 5.74) is 8.47. The van der Waals surface area contributed by atoms with Crippen LogP contribution < -0.4 is 5.32 Å². The van der Waals surface area contributed by atoms with Gasteiger partial charge in [-0.05, 0) is 44.5 Å². The molecule has 1 amide bonds. The maximum Gasteiger partial charge on any atom is 0.412 e. The molecule has 0 bridgehead atoms. The maximum atomic E-state index is 11.5. The third-order valence-electron chi connectivity index (χ3n) is 1.69. The first-order chi connectivity index (χ1) is 8.30. The van der Waals surface area contributed by atoms with Crippen molar-refractivity contribution in [1.82, 2.24) is 0 Å². The standard InChI is InChI=1S/C11H13ClN4O2/c1-11(2,3)18-10(17)14-8-4-7(12)5-9(6-8)15-16-13/h4-6H,1-3H3,(H,14,17). The monoisotopic (exact) mass is 268 g/mol. The molecule has 0 aliphatic carbocycles. The fourth-order valence-corrected chi connectivity index (χ4v) is 1.41. The minimum Gasteiger partial charge on any atom is -0.444 e. The molecule has 0 saturated carbocycles. The van der Waals surface area contributed by atoms with Crippen LogP contribution in [-0.4, -0.2) is 11.7 Å². The Bertz CT molecular complexity index is 504. The molecule has 18 heavy (non-hydrogen) atoms. The van der Waals surface area contributed by atoms with Crippen molar-refractivity contribution in [2.45, 2.75) is 26.4 Å². The number of ether oxygens (including phenoxy) is 1. The van der Waals surface area contributed by atoms with Crippen LogP contribution in [0.5, 0.6) is 0 Å². The smallest absolute Gasteiger partial charge is 0.412 e. The first kappa shape index (κ1) is 14.2. The second-order valence-electron chi connectivity index (χ2n) is 4.51. The molecule has 0 heterocycles. The van der Waals surface area contributed by atoms with Crippen molar-refractivity contribution in [3.05, 3.63) is 33.7 Å². The van der Waals surface area contributed by atoms with E-state index < -0.39 is 11.7 Å². The summed E-state index contributed by atoms with van der Waals surface area (Å²) in [6.45, 7) is 5.28. The zero-order valence-electron chi connectivity index (χ0n) is 10.3. The highest BCUT2D eigenvalue weighted by Crippen LogP contribution is 2.25. The van der Waals surface area contributed by atoms with E-state index in [0.717, 1.165) is 0 Å². The molecule has 1 aromatic carbocycles. The molecular weight excluding hydrogens is 256 g/mol. The van der Waals surface area contributed by atoms with E-state index in [-0.39, 0.29) is 0 Å². The van der Waals surface area contributed by atoms with Crippen LogP contribution in [0.4, 0.5) is 16.2 Å². The van der Waals surface area contributed by atoms with Crippen molar-refractivity contribution >= 4 is 29.1 Å². The average Bonchev–Trinajstić information content (AvgIpc) is 2.12. The number of carbonyl (C=O) groups is 1. The minimum absolute atomic E-state index is 0.316. The van der Waals surface area contributed by atoms with Crippen molar-refractivity contribution in [2.24, 2.45) is 5.11 Å². The molecule has 0 spiro atoms. The number of anilines is 1. The van der Waals surface area contributed by atoms with E-state index in [1.165, 1.54) is 18.2 Å². The van der Waals surface area contributed by atoms with Crippen LogP contribution in [0.2, 0.25) is 5.02 Å². The molecule has 7 heteroatoms. The van der Waals surface area contributed by atoms with Crippen molar-refractivity contribution in [3.63, 3.8) is 0 Å². The van der Waals surface area contributed by atoms with Crippen molar-refractivity contribution in [1.29, 1.82) is 0 Å². The Morgan fingerprint density at radius 1 is 1.44 bits per heavy atom. The minimum atomic E-state index is -0.600. The van der Waals surface area contributed by atoms with Crippen molar-refractivity contribution in [2.75, 3.05) is 5.32 Å². The Morgan fingerprint density at radius 3 is 2.67 bits per heavy atom. The topological polar surface area (TPSA) is 87.1 Å². The van der Waals surface area contributed by atoms with Gasteiger partial charge >= 0.3 is 6.09 Å². The van der Waals surface area contributed by atoms with Gasteiger partial charge in [-0.3, -0.25) is 5.32 Å². The number of hydrogen-bond acceptors (Lipinski definition) is 3. The zero-order chi connectivity index (χ0) is 13.8. The molecule has 0 atom stereocenters. The number of carbonyl (C=O) groups excluding carboxylic acids is 1. The first-order valence-corrected chi connectivity index (χ1v) is 5.53. The van der Waals surface area contributed by atoms with Crippen LogP contribution in [0.25, 0.3) is 10.4 Å². The highest BCUT2D eigenvalue weighted by Gasteiger charge is 2.16. The van der Waals surface area contributed by atoms with Crippen LogP contribution >= 0.6 is 11.6 Å². The normalized spacial score (nSPS) is 10.4. The number of amides is 1. The third kappa shape index (κ3) is 4.95. The van der Waals surface area contributed by atoms with Gasteiger partial charge in [-0.15, -0.1) is 0 Å². The molecule has 0 radical (unpaired) electrons. The quantitative estimate of drug-likeness (QED) is 0.481. The lowest BCUT2D eigenvalue weighted by molar-refractivity contribution is 0.0636. The van der Waals surface area contributed by atoms with Gasteiger partial charge in [0.25, 0.3) is 0 Å². The molecule has 0 fully saturated rings. The number of azide groups is 1. The fourth-order valence-electron chi connectivity index (χ4n) is 1.18. The summed E-state index contributed by atoms with van der Waals surface area (Å²) < 4.78 is 5.08. The van der Waals surface area contributed by atoms with Crippen LogP contribution in [-0.2, 0) is 4.74 Å². The molecule has 0 unspecified atom stereocenters. The van der Waals surface area contributed by atoms with E-state index in [2.05, 4.69) is 15.3 Å². The van der Waals surface area contributed by atoms with Crippen LogP contribution in [0.1, 0.15) is 20.8 Å². The fraction of sp³-hybridized carbons (Fsp3) is 0.364. The van der Waals surface area contributed by atoms with Gasteiger partial charge in [-0.2, -0.15) is 0 Å². The number of halogens is 1. The Labute approximate surface area is 110 Å². The van der Waals surface area contributed by atoms with E-state index in [9.17, 15) is 4.79 Å². The second-order valence-corrected chi connectivity index (χ2v) is 4.95. The molecule has 0 aromatic heterocycles. The lowest BCUT2D eigenvalue weighted by Crippen LogP contribution is -2.27. The van der Waals surface area contributed by atoms with Gasteiger partial charge in [0.2, 0.25) is 0 Å². The second kappa shape index (κ2) is 5.62. The Morgan fingerprint density at radius 2 is 2.11 bits per heavy atom. The van der Waals surface area contributed by atoms with E-state index >= 15 is 0 Å². The van der Waals surface area contributed by atoms with Crippen LogP contribution in [0.15, 0.2) is 23.3 Å². The summed E-state index contributed by atoms with van der Waals surface area (Å²) in [4.78, 5) is 14.2. The lowest BCUT2D eigenvalue weighted by Gasteiger charge is -2.19. The van der Waals surface area contributed by atoms with E-state index in [4.69, 9.17) is 21.9 Å². The first-order valence-electron chi connectivity index (χ1n) is 5.16. The molecule has 6 nitrogen and oxygen atoms in total. The number of nitrogens with one attached hydrogen (secondary N) is 1. The number of rotatable bonds is 2. The third-order valence-corrected chi connectivity index (χ3v) is 1.91. The average molecular weight is 269 g/mol. The zero-order valence-corrected chi connectivity index (χ0v) is 11.0. The van der Waals surface area contributed by atoms with Crippen LogP contribution in [0.3, 0.4) is 0 Å². The summed E-state index contributed by atoms with van der Waals surface area (Å²) >= 11 is 5.83. The largest absolute Gasteiger partial charge is 0.444 e. The molecule has 0 aliphatic rings. The Balaban J connectivity index is 2.84. The summed E-state index contributed by atoms with van der Waals surface area (Å²) in [7, 11) is 0. The van der Waals surface area contributed by atoms with Crippen molar-refractivity contribution < 1.29 is 9.53 Å². The van der Waals surface area contributed by atoms with Gasteiger partial charge in [0, 0.05) is 21.3 Å². The molecule has 0 aliphatic heterocycles. The molecule has 0 saturated heterocycles. The molecule has 1 aromatic rings. The van der Waals surface area contributed by atoms with Gasteiger partial charge in [0.1, 0.15) is 5.60 Å². The van der Waals surface area contributed by atoms with E-state index in [0.29, 0.717) is 16.4 Å². The SMILES string of the molecule is CC(C)(C)OC(=O)Nc1cc(Cl)cc(N=[N+]=[N-])c1. The van der Waals surface area contributed by atoms with Gasteiger partial charge in [0.15, 0.2) is 0 Å². The summed E-state index contributed by atoms with van der Waals surface area (Å²) in [6.07, 6.45) is -0.600. The van der Waals surface area contributed by atoms with Crippen molar-refractivity contribution in [3.8, 4) is 0 Å². The van der Waals surface area contributed by atoms with E-state index in [1.807, 2.05) is 0 Å². The predicted molar refractivity (Wildman–Crippen MR) is 70.1 cm³/mol. The number of nitrogens with zero attached hydrogens (tertiary/aromatic N) is 3. The Hall–Kier alpha value is -1.91. The van der Waals surface area contributed by atoms with Gasteiger partial charge in [0.05, 0.1) is 0 Å². The maximum absolute atomic E-state index is 11.5. The van der Waals surface area contributed by atoms with Gasteiger partial charge in [-0.25, -0.2) is 4.79 Å². The predicted octanol–water partition coefficient (Wildman–Crippen LogP) is 4.63.